The van der Waals surface area contributed by atoms with Crippen molar-refractivity contribution >= 4 is 22.0 Å². The molecule has 6 heterocycles. The van der Waals surface area contributed by atoms with E-state index in [0.717, 1.165) is 36.9 Å². The van der Waals surface area contributed by atoms with Gasteiger partial charge < -0.3 is 14.5 Å². The van der Waals surface area contributed by atoms with Crippen molar-refractivity contribution in [2.75, 3.05) is 45.2 Å². The number of thiazole rings is 1. The highest BCUT2D eigenvalue weighted by molar-refractivity contribution is 7.19. The van der Waals surface area contributed by atoms with E-state index in [1.165, 1.54) is 29.3 Å². The quantitative estimate of drug-likeness (QED) is 0.446. The lowest BCUT2D eigenvalue weighted by Gasteiger charge is -2.60. The highest BCUT2D eigenvalue weighted by atomic mass is 32.1. The van der Waals surface area contributed by atoms with Gasteiger partial charge in [-0.3, -0.25) is 5.10 Å². The number of fused-ring (bicyclic) bond motifs is 1. The number of hydrogen-bond donors (Lipinski definition) is 1. The lowest BCUT2D eigenvalue weighted by Crippen LogP contribution is -2.71. The SMILES string of the molecule is COc1cc(-c2n[nH]c(-c3nc(C)c(N4CC5(CN(C)C5)C4)s3)c2CC(F)(F)F)cn2ncnc12. The van der Waals surface area contributed by atoms with E-state index in [-0.39, 0.29) is 17.0 Å². The third-order valence-corrected chi connectivity index (χ3v) is 7.85. The monoisotopic (exact) mass is 504 g/mol. The fraction of sp³-hybridized carbons (Fsp3) is 0.455. The number of nitrogens with one attached hydrogen (secondary N) is 1. The molecule has 35 heavy (non-hydrogen) atoms. The predicted molar refractivity (Wildman–Crippen MR) is 125 cm³/mol. The van der Waals surface area contributed by atoms with Crippen molar-refractivity contribution in [2.45, 2.75) is 19.5 Å². The summed E-state index contributed by atoms with van der Waals surface area (Å²) in [5.41, 5.74) is 2.57. The van der Waals surface area contributed by atoms with Gasteiger partial charge in [0.1, 0.15) is 16.3 Å². The van der Waals surface area contributed by atoms with Gasteiger partial charge in [-0.25, -0.2) is 14.5 Å². The van der Waals surface area contributed by atoms with Gasteiger partial charge in [-0.05, 0) is 20.0 Å². The third-order valence-electron chi connectivity index (χ3n) is 6.62. The van der Waals surface area contributed by atoms with Crippen molar-refractivity contribution in [1.29, 1.82) is 0 Å². The van der Waals surface area contributed by atoms with Crippen LogP contribution in [0.15, 0.2) is 18.6 Å². The minimum Gasteiger partial charge on any atom is -0.493 e. The number of aromatic amines is 1. The van der Waals surface area contributed by atoms with Crippen LogP contribution >= 0.6 is 11.3 Å². The number of pyridine rings is 1. The number of rotatable bonds is 5. The molecule has 6 rings (SSSR count). The molecule has 4 aromatic rings. The molecule has 0 aliphatic carbocycles. The first kappa shape index (κ1) is 22.3. The summed E-state index contributed by atoms with van der Waals surface area (Å²) in [4.78, 5) is 13.3. The Bertz CT molecular complexity index is 1410. The molecular formula is C22H23F3N8OS. The fourth-order valence-corrected chi connectivity index (χ4v) is 6.41. The molecule has 2 fully saturated rings. The van der Waals surface area contributed by atoms with Crippen LogP contribution in [0.25, 0.3) is 27.6 Å². The molecule has 0 amide bonds. The van der Waals surface area contributed by atoms with Crippen molar-refractivity contribution in [3.8, 4) is 27.7 Å². The molecule has 2 aliphatic rings. The Kier molecular flexibility index (Phi) is 4.87. The molecule has 184 valence electrons. The Balaban J connectivity index is 1.39. The van der Waals surface area contributed by atoms with Crippen molar-refractivity contribution in [3.63, 3.8) is 0 Å². The molecule has 2 aliphatic heterocycles. The van der Waals surface area contributed by atoms with Gasteiger partial charge in [0, 0.05) is 48.9 Å². The molecule has 0 aromatic carbocycles. The molecule has 1 spiro atoms. The number of anilines is 1. The smallest absolute Gasteiger partial charge is 0.393 e. The lowest BCUT2D eigenvalue weighted by atomic mass is 9.73. The van der Waals surface area contributed by atoms with Gasteiger partial charge in [-0.15, -0.1) is 0 Å². The first-order valence-electron chi connectivity index (χ1n) is 11.1. The average Bonchev–Trinajstić information content (AvgIpc) is 3.46. The summed E-state index contributed by atoms with van der Waals surface area (Å²) < 4.78 is 47.9. The molecule has 0 unspecified atom stereocenters. The van der Waals surface area contributed by atoms with E-state index < -0.39 is 12.6 Å². The number of alkyl halides is 3. The number of methoxy groups -OCH3 is 1. The second-order valence-corrected chi connectivity index (χ2v) is 10.5. The maximum Gasteiger partial charge on any atom is 0.393 e. The van der Waals surface area contributed by atoms with Gasteiger partial charge in [0.2, 0.25) is 0 Å². The molecule has 0 atom stereocenters. The number of hydrogen-bond acceptors (Lipinski definition) is 8. The molecule has 2 saturated heterocycles. The number of H-pyrrole nitrogens is 1. The zero-order chi connectivity index (χ0) is 24.5. The van der Waals surface area contributed by atoms with Gasteiger partial charge in [-0.1, -0.05) is 11.3 Å². The average molecular weight is 505 g/mol. The van der Waals surface area contributed by atoms with Gasteiger partial charge in [-0.2, -0.15) is 23.4 Å². The van der Waals surface area contributed by atoms with Crippen LogP contribution in [0.3, 0.4) is 0 Å². The highest BCUT2D eigenvalue weighted by Crippen LogP contribution is 2.46. The Morgan fingerprint density at radius 2 is 2.00 bits per heavy atom. The van der Waals surface area contributed by atoms with Crippen LogP contribution in [-0.2, 0) is 6.42 Å². The Hall–Kier alpha value is -3.19. The number of aromatic nitrogens is 6. The first-order valence-corrected chi connectivity index (χ1v) is 11.9. The summed E-state index contributed by atoms with van der Waals surface area (Å²) in [7, 11) is 3.58. The van der Waals surface area contributed by atoms with E-state index in [1.807, 2.05) is 6.92 Å². The molecule has 9 nitrogen and oxygen atoms in total. The summed E-state index contributed by atoms with van der Waals surface area (Å²) in [6, 6.07) is 1.62. The van der Waals surface area contributed by atoms with Crippen LogP contribution in [0.5, 0.6) is 5.75 Å². The van der Waals surface area contributed by atoms with Gasteiger partial charge in [0.15, 0.2) is 11.4 Å². The van der Waals surface area contributed by atoms with Gasteiger partial charge >= 0.3 is 6.18 Å². The number of nitrogens with zero attached hydrogens (tertiary/aromatic N) is 7. The second kappa shape index (κ2) is 7.65. The molecule has 0 bridgehead atoms. The topological polar surface area (TPSA) is 87.5 Å². The highest BCUT2D eigenvalue weighted by Gasteiger charge is 2.51. The van der Waals surface area contributed by atoms with Crippen LogP contribution in [0.1, 0.15) is 11.3 Å². The Labute approximate surface area is 202 Å². The Morgan fingerprint density at radius 3 is 2.69 bits per heavy atom. The predicted octanol–water partition coefficient (Wildman–Crippen LogP) is 3.42. The van der Waals surface area contributed by atoms with E-state index in [4.69, 9.17) is 4.74 Å². The van der Waals surface area contributed by atoms with Gasteiger partial charge in [0.25, 0.3) is 0 Å². The van der Waals surface area contributed by atoms with Crippen LogP contribution < -0.4 is 9.64 Å². The van der Waals surface area contributed by atoms with Crippen LogP contribution in [-0.4, -0.2) is 81.2 Å². The number of ether oxygens (including phenoxy) is 1. The molecule has 0 saturated carbocycles. The largest absolute Gasteiger partial charge is 0.493 e. The summed E-state index contributed by atoms with van der Waals surface area (Å²) in [5.74, 6) is 0.392. The van der Waals surface area contributed by atoms with E-state index in [9.17, 15) is 13.2 Å². The maximum atomic E-state index is 13.7. The molecule has 1 N–H and O–H groups in total. The Morgan fingerprint density at radius 1 is 1.23 bits per heavy atom. The van der Waals surface area contributed by atoms with Crippen molar-refractivity contribution in [2.24, 2.45) is 5.41 Å². The number of halogens is 3. The minimum absolute atomic E-state index is 0.0417. The molecular weight excluding hydrogens is 481 g/mol. The van der Waals surface area contributed by atoms with Crippen LogP contribution in [0.2, 0.25) is 0 Å². The summed E-state index contributed by atoms with van der Waals surface area (Å²) in [5, 5.41) is 12.7. The van der Waals surface area contributed by atoms with E-state index in [1.54, 1.807) is 12.3 Å². The van der Waals surface area contributed by atoms with E-state index in [2.05, 4.69) is 42.1 Å². The first-order chi connectivity index (χ1) is 16.6. The zero-order valence-electron chi connectivity index (χ0n) is 19.3. The van der Waals surface area contributed by atoms with Crippen LogP contribution in [0.4, 0.5) is 18.2 Å². The summed E-state index contributed by atoms with van der Waals surface area (Å²) >= 11 is 1.40. The van der Waals surface area contributed by atoms with Crippen LogP contribution in [0, 0.1) is 12.3 Å². The number of aryl methyl sites for hydroxylation is 1. The van der Waals surface area contributed by atoms with Crippen molar-refractivity contribution in [1.82, 2.24) is 34.7 Å². The van der Waals surface area contributed by atoms with E-state index in [0.29, 0.717) is 27.4 Å². The summed E-state index contributed by atoms with van der Waals surface area (Å²) in [6.45, 7) is 5.95. The fourth-order valence-electron chi connectivity index (χ4n) is 5.32. The normalized spacial score (nSPS) is 17.7. The standard InChI is InChI=1S/C22H23F3N8OS/c1-12-20(32-9-21(10-32)7-31(2)8-21)35-19(28-12)17-14(5-22(23,24)25)16(29-30-17)13-4-15(34-3)18-26-11-27-33(18)6-13/h4,6,11H,5,7-10H2,1-3H3,(H,29,30). The maximum absolute atomic E-state index is 13.7. The lowest BCUT2D eigenvalue weighted by molar-refractivity contribution is -0.127. The second-order valence-electron chi connectivity index (χ2n) is 9.48. The van der Waals surface area contributed by atoms with E-state index >= 15 is 0 Å². The van der Waals surface area contributed by atoms with Crippen molar-refractivity contribution in [3.05, 3.63) is 29.8 Å². The van der Waals surface area contributed by atoms with Gasteiger partial charge in [0.05, 0.1) is 30.6 Å². The van der Waals surface area contributed by atoms with Crippen molar-refractivity contribution < 1.29 is 17.9 Å². The zero-order valence-corrected chi connectivity index (χ0v) is 20.2. The number of likely N-dealkylation sites (tertiary alicyclic amines) is 1. The summed E-state index contributed by atoms with van der Waals surface area (Å²) in [6.07, 6.45) is -2.61. The minimum atomic E-state index is -4.43. The molecule has 0 radical (unpaired) electrons. The molecule has 4 aromatic heterocycles. The third kappa shape index (κ3) is 3.73. The molecule has 13 heteroatoms.